The summed E-state index contributed by atoms with van der Waals surface area (Å²) in [5, 5.41) is 9.17. The monoisotopic (exact) mass is 182 g/mol. The summed E-state index contributed by atoms with van der Waals surface area (Å²) in [7, 11) is 0. The molecule has 2 heteroatoms. The second-order valence-corrected chi connectivity index (χ2v) is 4.04. The molecule has 0 aromatic heterocycles. The van der Waals surface area contributed by atoms with E-state index in [1.54, 1.807) is 0 Å². The highest BCUT2D eigenvalue weighted by molar-refractivity contribution is 6.10. The van der Waals surface area contributed by atoms with E-state index >= 15 is 0 Å². The standard InChI is InChI=1S/C12H10N2/c13-8-12-6-10(12)7-14-11(12)9-4-2-1-3-5-9/h1-5,10H,6-7H2/t10-,12+/m0/s1. The van der Waals surface area contributed by atoms with Crippen LogP contribution in [-0.2, 0) is 0 Å². The van der Waals surface area contributed by atoms with Gasteiger partial charge in [-0.2, -0.15) is 5.26 Å². The molecular formula is C12H10N2. The summed E-state index contributed by atoms with van der Waals surface area (Å²) in [5.74, 6) is 0.503. The van der Waals surface area contributed by atoms with E-state index < -0.39 is 0 Å². The molecule has 0 bridgehead atoms. The van der Waals surface area contributed by atoms with Crippen molar-refractivity contribution < 1.29 is 0 Å². The number of hydrogen-bond donors (Lipinski definition) is 0. The molecule has 1 aromatic carbocycles. The zero-order valence-corrected chi connectivity index (χ0v) is 7.77. The molecule has 0 radical (unpaired) electrons. The van der Waals surface area contributed by atoms with Crippen LogP contribution in [0.2, 0.25) is 0 Å². The summed E-state index contributed by atoms with van der Waals surface area (Å²) in [6.07, 6.45) is 1.01. The summed E-state index contributed by atoms with van der Waals surface area (Å²) in [6.45, 7) is 0.845. The molecule has 0 saturated heterocycles. The Morgan fingerprint density at radius 3 is 2.79 bits per heavy atom. The topological polar surface area (TPSA) is 36.1 Å². The number of aliphatic imine (C=N–C) groups is 1. The Balaban J connectivity index is 2.06. The number of benzene rings is 1. The van der Waals surface area contributed by atoms with Crippen LogP contribution < -0.4 is 0 Å². The minimum absolute atomic E-state index is 0.221. The number of rotatable bonds is 1. The van der Waals surface area contributed by atoms with Crippen molar-refractivity contribution in [3.63, 3.8) is 0 Å². The average molecular weight is 182 g/mol. The van der Waals surface area contributed by atoms with Gasteiger partial charge in [-0.25, -0.2) is 0 Å². The van der Waals surface area contributed by atoms with Crippen molar-refractivity contribution >= 4 is 5.71 Å². The van der Waals surface area contributed by atoms with Crippen LogP contribution in [0.25, 0.3) is 0 Å². The molecule has 68 valence electrons. The van der Waals surface area contributed by atoms with E-state index in [1.807, 2.05) is 30.3 Å². The third-order valence-electron chi connectivity index (χ3n) is 3.24. The van der Waals surface area contributed by atoms with Crippen molar-refractivity contribution in [2.45, 2.75) is 6.42 Å². The van der Waals surface area contributed by atoms with Crippen LogP contribution in [0, 0.1) is 22.7 Å². The quantitative estimate of drug-likeness (QED) is 0.654. The van der Waals surface area contributed by atoms with Crippen molar-refractivity contribution in [1.82, 2.24) is 0 Å². The molecule has 2 nitrogen and oxygen atoms in total. The molecule has 2 atom stereocenters. The number of fused-ring (bicyclic) bond motifs is 1. The number of hydrogen-bond acceptors (Lipinski definition) is 2. The maximum absolute atomic E-state index is 9.17. The Morgan fingerprint density at radius 1 is 1.36 bits per heavy atom. The normalized spacial score (nSPS) is 33.1. The highest BCUT2D eigenvalue weighted by Crippen LogP contribution is 2.58. The van der Waals surface area contributed by atoms with E-state index in [2.05, 4.69) is 11.1 Å². The summed E-state index contributed by atoms with van der Waals surface area (Å²) in [5.41, 5.74) is 1.92. The van der Waals surface area contributed by atoms with E-state index in [-0.39, 0.29) is 5.41 Å². The van der Waals surface area contributed by atoms with Crippen molar-refractivity contribution in [1.29, 1.82) is 5.26 Å². The Bertz CT molecular complexity index is 441. The van der Waals surface area contributed by atoms with Crippen molar-refractivity contribution in [2.75, 3.05) is 6.54 Å². The summed E-state index contributed by atoms with van der Waals surface area (Å²) in [6, 6.07) is 12.5. The fourth-order valence-corrected chi connectivity index (χ4v) is 2.32. The van der Waals surface area contributed by atoms with Gasteiger partial charge in [0.05, 0.1) is 11.8 Å². The van der Waals surface area contributed by atoms with E-state index in [9.17, 15) is 0 Å². The molecule has 1 fully saturated rings. The Morgan fingerprint density at radius 2 is 2.14 bits per heavy atom. The van der Waals surface area contributed by atoms with Crippen molar-refractivity contribution in [3.05, 3.63) is 35.9 Å². The number of nitrogens with zero attached hydrogens (tertiary/aromatic N) is 2. The van der Waals surface area contributed by atoms with Gasteiger partial charge in [-0.15, -0.1) is 0 Å². The van der Waals surface area contributed by atoms with Gasteiger partial charge in [-0.05, 0) is 12.0 Å². The van der Waals surface area contributed by atoms with Crippen molar-refractivity contribution in [3.8, 4) is 6.07 Å². The smallest absolute Gasteiger partial charge is 0.104 e. The lowest BCUT2D eigenvalue weighted by Gasteiger charge is -2.06. The van der Waals surface area contributed by atoms with Gasteiger partial charge in [0.1, 0.15) is 5.41 Å². The van der Waals surface area contributed by atoms with E-state index in [0.717, 1.165) is 24.2 Å². The van der Waals surface area contributed by atoms with Gasteiger partial charge < -0.3 is 0 Å². The van der Waals surface area contributed by atoms with Crippen LogP contribution in [0.1, 0.15) is 12.0 Å². The zero-order valence-electron chi connectivity index (χ0n) is 7.77. The highest BCUT2D eigenvalue weighted by atomic mass is 14.9. The van der Waals surface area contributed by atoms with Crippen LogP contribution in [0.15, 0.2) is 35.3 Å². The van der Waals surface area contributed by atoms with Crippen LogP contribution in [0.5, 0.6) is 0 Å². The fraction of sp³-hybridized carbons (Fsp3) is 0.333. The molecule has 0 N–H and O–H groups in total. The third-order valence-corrected chi connectivity index (χ3v) is 3.24. The van der Waals surface area contributed by atoms with E-state index in [0.29, 0.717) is 5.92 Å². The largest absolute Gasteiger partial charge is 0.287 e. The second kappa shape index (κ2) is 2.45. The van der Waals surface area contributed by atoms with Crippen LogP contribution in [0.3, 0.4) is 0 Å². The van der Waals surface area contributed by atoms with E-state index in [1.165, 1.54) is 0 Å². The van der Waals surface area contributed by atoms with Crippen LogP contribution in [-0.4, -0.2) is 12.3 Å². The summed E-state index contributed by atoms with van der Waals surface area (Å²) >= 11 is 0. The van der Waals surface area contributed by atoms with Gasteiger partial charge >= 0.3 is 0 Å². The van der Waals surface area contributed by atoms with Crippen LogP contribution >= 0.6 is 0 Å². The molecule has 1 aliphatic heterocycles. The second-order valence-electron chi connectivity index (χ2n) is 4.04. The first-order chi connectivity index (χ1) is 6.87. The maximum Gasteiger partial charge on any atom is 0.104 e. The molecule has 3 rings (SSSR count). The Labute approximate surface area is 82.9 Å². The average Bonchev–Trinajstić information content (AvgIpc) is 2.87. The third kappa shape index (κ3) is 0.820. The first kappa shape index (κ1) is 7.75. The van der Waals surface area contributed by atoms with Crippen molar-refractivity contribution in [2.24, 2.45) is 16.3 Å². The molecule has 1 saturated carbocycles. The summed E-state index contributed by atoms with van der Waals surface area (Å²) < 4.78 is 0. The molecule has 1 heterocycles. The molecule has 0 unspecified atom stereocenters. The van der Waals surface area contributed by atoms with Gasteiger partial charge in [-0.3, -0.25) is 4.99 Å². The molecule has 14 heavy (non-hydrogen) atoms. The lowest BCUT2D eigenvalue weighted by molar-refractivity contribution is 0.802. The van der Waals surface area contributed by atoms with Gasteiger partial charge in [0.25, 0.3) is 0 Å². The lowest BCUT2D eigenvalue weighted by atomic mass is 9.95. The predicted octanol–water partition coefficient (Wildman–Crippen LogP) is 2.02. The van der Waals surface area contributed by atoms with Gasteiger partial charge in [0.2, 0.25) is 0 Å². The molecule has 0 spiro atoms. The highest BCUT2D eigenvalue weighted by Gasteiger charge is 2.61. The molecule has 1 aromatic rings. The van der Waals surface area contributed by atoms with Gasteiger partial charge in [0.15, 0.2) is 0 Å². The molecule has 0 amide bonds. The molecule has 2 aliphatic rings. The van der Waals surface area contributed by atoms with Gasteiger partial charge in [-0.1, -0.05) is 30.3 Å². The van der Waals surface area contributed by atoms with Gasteiger partial charge in [0, 0.05) is 12.5 Å². The number of nitriles is 1. The lowest BCUT2D eigenvalue weighted by Crippen LogP contribution is -2.13. The maximum atomic E-state index is 9.17. The SMILES string of the molecule is N#C[C@]12C[C@H]1CN=C2c1ccccc1. The summed E-state index contributed by atoms with van der Waals surface area (Å²) in [4.78, 5) is 4.47. The Hall–Kier alpha value is -1.62. The predicted molar refractivity (Wildman–Crippen MR) is 54.0 cm³/mol. The molecule has 1 aliphatic carbocycles. The zero-order chi connectivity index (χ0) is 9.60. The van der Waals surface area contributed by atoms with E-state index in [4.69, 9.17) is 5.26 Å². The minimum atomic E-state index is -0.221. The first-order valence-electron chi connectivity index (χ1n) is 4.88. The first-order valence-corrected chi connectivity index (χ1v) is 4.88. The fourth-order valence-electron chi connectivity index (χ4n) is 2.32. The van der Waals surface area contributed by atoms with Crippen LogP contribution in [0.4, 0.5) is 0 Å². The minimum Gasteiger partial charge on any atom is -0.287 e. The Kier molecular flexibility index (Phi) is 1.36. The molecular weight excluding hydrogens is 172 g/mol.